The lowest BCUT2D eigenvalue weighted by molar-refractivity contribution is 0.311. The number of nitrogens with one attached hydrogen (secondary N) is 1. The maximum absolute atomic E-state index is 6.40. The topological polar surface area (TPSA) is 44.3 Å². The molecule has 1 saturated heterocycles. The fourth-order valence-electron chi connectivity index (χ4n) is 2.65. The molecule has 1 aromatic heterocycles. The van der Waals surface area contributed by atoms with Crippen LogP contribution in [0, 0.1) is 0 Å². The number of unbranched alkanes of at least 4 members (excludes halogenated alkanes) is 3. The Morgan fingerprint density at radius 3 is 2.52 bits per heavy atom. The lowest BCUT2D eigenvalue weighted by atomic mass is 10.2. The maximum Gasteiger partial charge on any atom is 0.226 e. The predicted molar refractivity (Wildman–Crippen MR) is 101 cm³/mol. The summed E-state index contributed by atoms with van der Waals surface area (Å²) in [7, 11) is 2.16. The van der Waals surface area contributed by atoms with Crippen LogP contribution in [-0.2, 0) is 0 Å². The Balaban J connectivity index is 2.06. The first kappa shape index (κ1) is 18.6. The van der Waals surface area contributed by atoms with Gasteiger partial charge in [-0.15, -0.1) is 11.8 Å². The van der Waals surface area contributed by atoms with E-state index in [0.717, 1.165) is 49.9 Å². The van der Waals surface area contributed by atoms with Gasteiger partial charge in [0.1, 0.15) is 11.0 Å². The summed E-state index contributed by atoms with van der Waals surface area (Å²) < 4.78 is 0. The number of piperazine rings is 1. The van der Waals surface area contributed by atoms with Crippen molar-refractivity contribution in [3.8, 4) is 0 Å². The van der Waals surface area contributed by atoms with E-state index < -0.39 is 0 Å². The second-order valence-corrected chi connectivity index (χ2v) is 7.15. The molecule has 23 heavy (non-hydrogen) atoms. The number of likely N-dealkylation sites (N-methyl/N-ethyl adjacent to an activating group) is 1. The zero-order valence-corrected chi connectivity index (χ0v) is 16.0. The van der Waals surface area contributed by atoms with Crippen LogP contribution in [0.4, 0.5) is 11.8 Å². The highest BCUT2D eigenvalue weighted by Crippen LogP contribution is 2.34. The molecule has 0 amide bonds. The zero-order valence-electron chi connectivity index (χ0n) is 14.4. The van der Waals surface area contributed by atoms with Crippen LogP contribution in [-0.4, -0.2) is 60.9 Å². The molecule has 2 heterocycles. The van der Waals surface area contributed by atoms with Gasteiger partial charge in [-0.2, -0.15) is 9.97 Å². The lowest BCUT2D eigenvalue weighted by Gasteiger charge is -2.34. The molecule has 0 unspecified atom stereocenters. The third kappa shape index (κ3) is 5.40. The van der Waals surface area contributed by atoms with Gasteiger partial charge in [0, 0.05) is 32.7 Å². The van der Waals surface area contributed by atoms with Crippen LogP contribution < -0.4 is 10.2 Å². The molecular formula is C16H28ClN5S. The van der Waals surface area contributed by atoms with Gasteiger partial charge >= 0.3 is 0 Å². The molecule has 2 rings (SSSR count). The highest BCUT2D eigenvalue weighted by Gasteiger charge is 2.21. The number of hydrogen-bond acceptors (Lipinski definition) is 6. The Labute approximate surface area is 149 Å². The largest absolute Gasteiger partial charge is 0.354 e. The molecule has 1 fully saturated rings. The van der Waals surface area contributed by atoms with Gasteiger partial charge in [0.05, 0.1) is 4.90 Å². The monoisotopic (exact) mass is 357 g/mol. The zero-order chi connectivity index (χ0) is 16.7. The Morgan fingerprint density at radius 2 is 1.87 bits per heavy atom. The summed E-state index contributed by atoms with van der Waals surface area (Å²) in [4.78, 5) is 14.8. The average molecular weight is 358 g/mol. The summed E-state index contributed by atoms with van der Waals surface area (Å²) in [6.07, 6.45) is 6.94. The number of anilines is 2. The van der Waals surface area contributed by atoms with Gasteiger partial charge < -0.3 is 15.1 Å². The normalized spacial score (nSPS) is 15.9. The Bertz CT molecular complexity index is 492. The van der Waals surface area contributed by atoms with E-state index in [9.17, 15) is 0 Å². The van der Waals surface area contributed by atoms with Gasteiger partial charge in [-0.3, -0.25) is 0 Å². The second-order valence-electron chi connectivity index (χ2n) is 5.97. The molecule has 5 nitrogen and oxygen atoms in total. The van der Waals surface area contributed by atoms with Gasteiger partial charge in [0.15, 0.2) is 0 Å². The summed E-state index contributed by atoms with van der Waals surface area (Å²) in [5, 5.41) is 3.88. The van der Waals surface area contributed by atoms with Crippen molar-refractivity contribution in [1.29, 1.82) is 0 Å². The van der Waals surface area contributed by atoms with E-state index in [1.807, 2.05) is 6.26 Å². The van der Waals surface area contributed by atoms with Crippen LogP contribution in [0.5, 0.6) is 0 Å². The van der Waals surface area contributed by atoms with Crippen molar-refractivity contribution in [2.75, 3.05) is 56.2 Å². The summed E-state index contributed by atoms with van der Waals surface area (Å²) in [6, 6.07) is 0. The molecule has 7 heteroatoms. The van der Waals surface area contributed by atoms with Crippen molar-refractivity contribution >= 4 is 35.1 Å². The quantitative estimate of drug-likeness (QED) is 0.435. The highest BCUT2D eigenvalue weighted by molar-refractivity contribution is 7.98. The summed E-state index contributed by atoms with van der Waals surface area (Å²) in [5.74, 6) is 1.62. The van der Waals surface area contributed by atoms with E-state index in [1.165, 1.54) is 19.3 Å². The van der Waals surface area contributed by atoms with E-state index in [0.29, 0.717) is 11.1 Å². The third-order valence-electron chi connectivity index (χ3n) is 4.13. The standard InChI is InChI=1S/C16H28ClN5S/c1-4-5-6-7-8-18-16-19-14(17)13(23-3)15(20-16)22-11-9-21(2)10-12-22/h4-12H2,1-3H3,(H,18,19,20). The number of nitrogens with zero attached hydrogens (tertiary/aromatic N) is 4. The Hall–Kier alpha value is -0.720. The number of hydrogen-bond donors (Lipinski definition) is 1. The SMILES string of the molecule is CCCCCCNc1nc(Cl)c(SC)c(N2CCN(C)CC2)n1. The van der Waals surface area contributed by atoms with Crippen LogP contribution in [0.2, 0.25) is 5.15 Å². The number of halogens is 1. The van der Waals surface area contributed by atoms with Crippen LogP contribution in [0.3, 0.4) is 0 Å². The molecule has 0 saturated carbocycles. The molecule has 0 bridgehead atoms. The summed E-state index contributed by atoms with van der Waals surface area (Å²) in [5.41, 5.74) is 0. The lowest BCUT2D eigenvalue weighted by Crippen LogP contribution is -2.45. The van der Waals surface area contributed by atoms with E-state index in [-0.39, 0.29) is 0 Å². The number of aromatic nitrogens is 2. The van der Waals surface area contributed by atoms with Crippen LogP contribution >= 0.6 is 23.4 Å². The molecule has 130 valence electrons. The summed E-state index contributed by atoms with van der Waals surface area (Å²) in [6.45, 7) is 7.18. The van der Waals surface area contributed by atoms with Gasteiger partial charge in [-0.25, -0.2) is 0 Å². The molecule has 0 aromatic carbocycles. The van der Waals surface area contributed by atoms with Gasteiger partial charge in [0.2, 0.25) is 5.95 Å². The smallest absolute Gasteiger partial charge is 0.226 e. The Morgan fingerprint density at radius 1 is 1.13 bits per heavy atom. The van der Waals surface area contributed by atoms with Crippen molar-refractivity contribution < 1.29 is 0 Å². The predicted octanol–water partition coefficient (Wildman–Crippen LogP) is 3.60. The van der Waals surface area contributed by atoms with Crippen LogP contribution in [0.15, 0.2) is 4.90 Å². The van der Waals surface area contributed by atoms with E-state index in [1.54, 1.807) is 11.8 Å². The molecule has 1 aliphatic heterocycles. The molecule has 1 aromatic rings. The molecule has 1 N–H and O–H groups in total. The van der Waals surface area contributed by atoms with E-state index in [4.69, 9.17) is 16.6 Å². The molecule has 1 aliphatic rings. The first-order chi connectivity index (χ1) is 11.2. The first-order valence-corrected chi connectivity index (χ1v) is 10.0. The fraction of sp³-hybridized carbons (Fsp3) is 0.750. The molecule has 0 atom stereocenters. The maximum atomic E-state index is 6.40. The van der Waals surface area contributed by atoms with E-state index in [2.05, 4.69) is 34.1 Å². The number of thioether (sulfide) groups is 1. The van der Waals surface area contributed by atoms with Gasteiger partial charge in [0.25, 0.3) is 0 Å². The van der Waals surface area contributed by atoms with Gasteiger partial charge in [-0.05, 0) is 19.7 Å². The van der Waals surface area contributed by atoms with Crippen molar-refractivity contribution in [2.45, 2.75) is 37.5 Å². The third-order valence-corrected chi connectivity index (χ3v) is 5.30. The minimum atomic E-state index is 0.553. The molecular weight excluding hydrogens is 330 g/mol. The average Bonchev–Trinajstić information content (AvgIpc) is 2.55. The first-order valence-electron chi connectivity index (χ1n) is 8.44. The van der Waals surface area contributed by atoms with Crippen LogP contribution in [0.1, 0.15) is 32.6 Å². The number of rotatable bonds is 8. The molecule has 0 spiro atoms. The second kappa shape index (κ2) is 9.55. The fourth-order valence-corrected chi connectivity index (χ4v) is 3.62. The molecule has 0 radical (unpaired) electrons. The van der Waals surface area contributed by atoms with Crippen molar-refractivity contribution in [3.63, 3.8) is 0 Å². The van der Waals surface area contributed by atoms with Gasteiger partial charge in [-0.1, -0.05) is 37.8 Å². The minimum absolute atomic E-state index is 0.553. The van der Waals surface area contributed by atoms with Crippen LogP contribution in [0.25, 0.3) is 0 Å². The minimum Gasteiger partial charge on any atom is -0.354 e. The highest BCUT2D eigenvalue weighted by atomic mass is 35.5. The van der Waals surface area contributed by atoms with E-state index >= 15 is 0 Å². The van der Waals surface area contributed by atoms with Crippen molar-refractivity contribution in [3.05, 3.63) is 5.15 Å². The summed E-state index contributed by atoms with van der Waals surface area (Å²) >= 11 is 8.02. The van der Waals surface area contributed by atoms with Crippen molar-refractivity contribution in [1.82, 2.24) is 14.9 Å². The Kier molecular flexibility index (Phi) is 7.73. The van der Waals surface area contributed by atoms with Crippen molar-refractivity contribution in [2.24, 2.45) is 0 Å². The molecule has 0 aliphatic carbocycles.